The quantitative estimate of drug-likeness (QED) is 0.815. The number of hydrogen-bond acceptors (Lipinski definition) is 7. The molecule has 0 spiro atoms. The van der Waals surface area contributed by atoms with Gasteiger partial charge in [0.25, 0.3) is 0 Å². The molecule has 0 amide bonds. The molecule has 16 heavy (non-hydrogen) atoms. The fraction of sp³-hybridized carbons (Fsp3) is 0.444. The summed E-state index contributed by atoms with van der Waals surface area (Å²) in [6.45, 7) is 3.22. The molecule has 0 saturated carbocycles. The zero-order chi connectivity index (χ0) is 11.4. The van der Waals surface area contributed by atoms with E-state index in [0.29, 0.717) is 25.0 Å². The van der Waals surface area contributed by atoms with Gasteiger partial charge in [-0.05, 0) is 14.0 Å². The molecule has 7 heteroatoms. The second-order valence-electron chi connectivity index (χ2n) is 3.23. The molecule has 2 aromatic heterocycles. The third-order valence-electron chi connectivity index (χ3n) is 1.88. The number of anilines is 1. The predicted molar refractivity (Wildman–Crippen MR) is 61.2 cm³/mol. The highest BCUT2D eigenvalue weighted by atomic mass is 32.1. The van der Waals surface area contributed by atoms with E-state index in [0.717, 1.165) is 9.88 Å². The zero-order valence-electron chi connectivity index (χ0n) is 9.15. The third kappa shape index (κ3) is 2.77. The molecule has 0 unspecified atom stereocenters. The number of aromatic nitrogens is 3. The Morgan fingerprint density at radius 2 is 2.25 bits per heavy atom. The van der Waals surface area contributed by atoms with Crippen molar-refractivity contribution in [3.05, 3.63) is 22.0 Å². The highest BCUT2D eigenvalue weighted by Gasteiger charge is 2.05. The lowest BCUT2D eigenvalue weighted by molar-refractivity contribution is 0.489. The smallest absolute Gasteiger partial charge is 0.315 e. The van der Waals surface area contributed by atoms with Crippen LogP contribution in [0, 0.1) is 6.92 Å². The van der Waals surface area contributed by atoms with E-state index < -0.39 is 0 Å². The summed E-state index contributed by atoms with van der Waals surface area (Å²) in [6.07, 6.45) is 1.85. The molecule has 0 bridgehead atoms. The Labute approximate surface area is 97.1 Å². The topological polar surface area (TPSA) is 75.9 Å². The Morgan fingerprint density at radius 1 is 1.38 bits per heavy atom. The summed E-state index contributed by atoms with van der Waals surface area (Å²) >= 11 is 1.65. The largest absolute Gasteiger partial charge is 0.407 e. The van der Waals surface area contributed by atoms with Crippen LogP contribution in [0.2, 0.25) is 0 Å². The second-order valence-corrected chi connectivity index (χ2v) is 4.55. The van der Waals surface area contributed by atoms with Crippen molar-refractivity contribution in [1.29, 1.82) is 0 Å². The Bertz CT molecular complexity index is 452. The van der Waals surface area contributed by atoms with Gasteiger partial charge in [-0.2, -0.15) is 0 Å². The monoisotopic (exact) mass is 239 g/mol. The van der Waals surface area contributed by atoms with Gasteiger partial charge < -0.3 is 15.1 Å². The van der Waals surface area contributed by atoms with E-state index in [2.05, 4.69) is 25.8 Å². The summed E-state index contributed by atoms with van der Waals surface area (Å²) in [6, 6.07) is 0.441. The van der Waals surface area contributed by atoms with Crippen LogP contribution in [0.3, 0.4) is 0 Å². The van der Waals surface area contributed by atoms with E-state index in [1.165, 1.54) is 0 Å². The van der Waals surface area contributed by atoms with Gasteiger partial charge in [0, 0.05) is 11.1 Å². The van der Waals surface area contributed by atoms with E-state index >= 15 is 0 Å². The van der Waals surface area contributed by atoms with Crippen LogP contribution in [0.4, 0.5) is 6.01 Å². The lowest BCUT2D eigenvalue weighted by Gasteiger charge is -1.96. The normalized spacial score (nSPS) is 10.6. The van der Waals surface area contributed by atoms with Crippen molar-refractivity contribution >= 4 is 17.4 Å². The van der Waals surface area contributed by atoms with Crippen molar-refractivity contribution in [2.45, 2.75) is 20.0 Å². The molecule has 0 radical (unpaired) electrons. The molecular weight excluding hydrogens is 226 g/mol. The van der Waals surface area contributed by atoms with Crippen molar-refractivity contribution in [1.82, 2.24) is 20.5 Å². The van der Waals surface area contributed by atoms with Gasteiger partial charge in [0.15, 0.2) is 0 Å². The van der Waals surface area contributed by atoms with E-state index in [1.807, 2.05) is 20.2 Å². The number of aryl methyl sites for hydroxylation is 1. The third-order valence-corrected chi connectivity index (χ3v) is 2.79. The van der Waals surface area contributed by atoms with Crippen LogP contribution in [-0.4, -0.2) is 22.2 Å². The van der Waals surface area contributed by atoms with Crippen LogP contribution in [0.5, 0.6) is 0 Å². The second kappa shape index (κ2) is 5.04. The molecule has 86 valence electrons. The molecule has 0 saturated heterocycles. The van der Waals surface area contributed by atoms with Crippen LogP contribution in [0.25, 0.3) is 0 Å². The predicted octanol–water partition coefficient (Wildman–Crippen LogP) is 1.17. The van der Waals surface area contributed by atoms with Crippen molar-refractivity contribution in [2.24, 2.45) is 0 Å². The Hall–Kier alpha value is -1.47. The molecule has 0 fully saturated rings. The van der Waals surface area contributed by atoms with Crippen LogP contribution in [-0.2, 0) is 13.1 Å². The maximum absolute atomic E-state index is 5.34. The highest BCUT2D eigenvalue weighted by molar-refractivity contribution is 7.11. The average Bonchev–Trinajstić information content (AvgIpc) is 2.85. The van der Waals surface area contributed by atoms with E-state index in [4.69, 9.17) is 4.42 Å². The van der Waals surface area contributed by atoms with Gasteiger partial charge in [-0.3, -0.25) is 0 Å². The summed E-state index contributed by atoms with van der Waals surface area (Å²) in [5.74, 6) is 0.575. The maximum Gasteiger partial charge on any atom is 0.315 e. The summed E-state index contributed by atoms with van der Waals surface area (Å²) in [4.78, 5) is 5.31. The van der Waals surface area contributed by atoms with Gasteiger partial charge in [0.1, 0.15) is 0 Å². The average molecular weight is 239 g/mol. The minimum atomic E-state index is 0.441. The molecule has 0 aliphatic heterocycles. The number of nitrogens with one attached hydrogen (secondary N) is 2. The summed E-state index contributed by atoms with van der Waals surface area (Å²) in [7, 11) is 1.83. The van der Waals surface area contributed by atoms with Crippen molar-refractivity contribution in [3.63, 3.8) is 0 Å². The minimum Gasteiger partial charge on any atom is -0.407 e. The van der Waals surface area contributed by atoms with Crippen LogP contribution in [0.1, 0.15) is 15.8 Å². The zero-order valence-corrected chi connectivity index (χ0v) is 9.97. The highest BCUT2D eigenvalue weighted by Crippen LogP contribution is 2.13. The van der Waals surface area contributed by atoms with Gasteiger partial charge in [-0.15, -0.1) is 16.4 Å². The lowest BCUT2D eigenvalue weighted by atomic mass is 10.5. The number of nitrogens with zero attached hydrogens (tertiary/aromatic N) is 3. The fourth-order valence-corrected chi connectivity index (χ4v) is 1.93. The van der Waals surface area contributed by atoms with Gasteiger partial charge in [0.05, 0.1) is 18.1 Å². The minimum absolute atomic E-state index is 0.441. The molecule has 0 atom stereocenters. The van der Waals surface area contributed by atoms with Gasteiger partial charge >= 0.3 is 6.01 Å². The first-order valence-electron chi connectivity index (χ1n) is 4.90. The lowest BCUT2D eigenvalue weighted by Crippen LogP contribution is -2.04. The van der Waals surface area contributed by atoms with Crippen LogP contribution >= 0.6 is 11.3 Å². The molecule has 0 aliphatic carbocycles. The van der Waals surface area contributed by atoms with Crippen molar-refractivity contribution < 1.29 is 4.42 Å². The molecule has 0 aliphatic rings. The molecule has 2 rings (SSSR count). The maximum atomic E-state index is 5.34. The SMILES string of the molecule is CNCc1nnc(NCc2cnc(C)s2)o1. The van der Waals surface area contributed by atoms with Gasteiger partial charge in [-0.1, -0.05) is 5.10 Å². The molecule has 2 N–H and O–H groups in total. The van der Waals surface area contributed by atoms with Crippen LogP contribution < -0.4 is 10.6 Å². The molecule has 0 aromatic carbocycles. The Kier molecular flexibility index (Phi) is 3.47. The number of rotatable bonds is 5. The summed E-state index contributed by atoms with van der Waals surface area (Å²) < 4.78 is 5.34. The first-order valence-corrected chi connectivity index (χ1v) is 5.71. The van der Waals surface area contributed by atoms with Gasteiger partial charge in [0.2, 0.25) is 5.89 Å². The number of thiazole rings is 1. The Balaban J connectivity index is 1.89. The number of hydrogen-bond donors (Lipinski definition) is 2. The summed E-state index contributed by atoms with van der Waals surface area (Å²) in [5, 5.41) is 14.8. The van der Waals surface area contributed by atoms with Crippen LogP contribution in [0.15, 0.2) is 10.6 Å². The molecule has 2 aromatic rings. The van der Waals surface area contributed by atoms with E-state index in [1.54, 1.807) is 11.3 Å². The molecular formula is C9H13N5OS. The Morgan fingerprint density at radius 3 is 2.94 bits per heavy atom. The van der Waals surface area contributed by atoms with Crippen molar-refractivity contribution in [2.75, 3.05) is 12.4 Å². The van der Waals surface area contributed by atoms with E-state index in [9.17, 15) is 0 Å². The van der Waals surface area contributed by atoms with E-state index in [-0.39, 0.29) is 0 Å². The molecule has 6 nitrogen and oxygen atoms in total. The molecule has 2 heterocycles. The summed E-state index contributed by atoms with van der Waals surface area (Å²) in [5.41, 5.74) is 0. The first kappa shape index (κ1) is 11.0. The first-order chi connectivity index (χ1) is 7.78. The van der Waals surface area contributed by atoms with Gasteiger partial charge in [-0.25, -0.2) is 4.98 Å². The van der Waals surface area contributed by atoms with Crippen molar-refractivity contribution in [3.8, 4) is 0 Å². The standard InChI is InChI=1S/C9H13N5OS/c1-6-11-3-7(16-6)4-12-9-14-13-8(15-9)5-10-2/h3,10H,4-5H2,1-2H3,(H,12,14). The fourth-order valence-electron chi connectivity index (χ4n) is 1.20.